The molecule has 0 aliphatic carbocycles. The molecule has 4 aromatic rings. The Morgan fingerprint density at radius 1 is 1.06 bits per heavy atom. The Morgan fingerprint density at radius 2 is 1.78 bits per heavy atom. The van der Waals surface area contributed by atoms with Crippen LogP contribution in [0.3, 0.4) is 0 Å². The molecule has 7 nitrogen and oxygen atoms in total. The maximum absolute atomic E-state index is 13.4. The zero-order chi connectivity index (χ0) is 26.0. The molecule has 0 fully saturated rings. The molecule has 36 heavy (non-hydrogen) atoms. The summed E-state index contributed by atoms with van der Waals surface area (Å²) >= 11 is 0. The minimum absolute atomic E-state index is 0.0926. The normalized spacial score (nSPS) is 11.1. The topological polar surface area (TPSA) is 97.9 Å². The fraction of sp³-hybridized carbons (Fsp3) is 0.115. The zero-order valence-corrected chi connectivity index (χ0v) is 19.0. The first-order valence-corrected chi connectivity index (χ1v) is 10.5. The molecule has 0 spiro atoms. The Bertz CT molecular complexity index is 1570. The highest BCUT2D eigenvalue weighted by atomic mass is 19.4. The molecular formula is C26H17F3N4O3. The predicted molar refractivity (Wildman–Crippen MR) is 124 cm³/mol. The summed E-state index contributed by atoms with van der Waals surface area (Å²) in [6, 6.07) is 16.1. The minimum atomic E-state index is -4.64. The second kappa shape index (κ2) is 9.46. The van der Waals surface area contributed by atoms with Crippen molar-refractivity contribution in [1.29, 1.82) is 5.26 Å². The standard InChI is InChI=1S/C26H17F3N4O3/c1-15-21(20-7-4-12-31-22(20)17-10-8-16(14-30)9-11-17)32-23(25(35)36-2)24(34)33(15)19-6-3-5-18(13-19)26(27,28)29/h3-13H,1-2H3. The predicted octanol–water partition coefficient (Wildman–Crippen LogP) is 4.95. The number of aromatic nitrogens is 3. The number of rotatable bonds is 4. The Labute approximate surface area is 203 Å². The molecule has 0 aliphatic heterocycles. The van der Waals surface area contributed by atoms with Crippen LogP contribution >= 0.6 is 0 Å². The average molecular weight is 490 g/mol. The molecule has 0 radical (unpaired) electrons. The highest BCUT2D eigenvalue weighted by Crippen LogP contribution is 2.33. The van der Waals surface area contributed by atoms with E-state index in [0.717, 1.165) is 23.8 Å². The molecule has 180 valence electrons. The van der Waals surface area contributed by atoms with Gasteiger partial charge in [-0.25, -0.2) is 9.78 Å². The summed E-state index contributed by atoms with van der Waals surface area (Å²) in [5.41, 5.74) is -0.299. The molecule has 2 aromatic heterocycles. The van der Waals surface area contributed by atoms with Gasteiger partial charge >= 0.3 is 12.1 Å². The molecule has 0 bridgehead atoms. The van der Waals surface area contributed by atoms with Gasteiger partial charge in [-0.1, -0.05) is 18.2 Å². The van der Waals surface area contributed by atoms with E-state index in [2.05, 4.69) is 9.97 Å². The Morgan fingerprint density at radius 3 is 2.42 bits per heavy atom. The van der Waals surface area contributed by atoms with Gasteiger partial charge in [-0.05, 0) is 49.4 Å². The number of esters is 1. The largest absolute Gasteiger partial charge is 0.464 e. The summed E-state index contributed by atoms with van der Waals surface area (Å²) < 4.78 is 45.9. The molecule has 0 atom stereocenters. The van der Waals surface area contributed by atoms with E-state index >= 15 is 0 Å². The van der Waals surface area contributed by atoms with Crippen molar-refractivity contribution in [1.82, 2.24) is 14.5 Å². The van der Waals surface area contributed by atoms with Gasteiger partial charge in [-0.15, -0.1) is 0 Å². The van der Waals surface area contributed by atoms with Crippen LogP contribution in [0.2, 0.25) is 0 Å². The number of carbonyl (C=O) groups is 1. The zero-order valence-electron chi connectivity index (χ0n) is 19.0. The van der Waals surface area contributed by atoms with E-state index in [0.29, 0.717) is 22.4 Å². The van der Waals surface area contributed by atoms with Gasteiger partial charge in [0.25, 0.3) is 5.56 Å². The number of ether oxygens (including phenoxy) is 1. The Kier molecular flexibility index (Phi) is 6.40. The number of hydrogen-bond donors (Lipinski definition) is 0. The van der Waals surface area contributed by atoms with Crippen molar-refractivity contribution in [3.05, 3.63) is 99.7 Å². The van der Waals surface area contributed by atoms with Crippen molar-refractivity contribution in [3.63, 3.8) is 0 Å². The summed E-state index contributed by atoms with van der Waals surface area (Å²) in [6.07, 6.45) is -3.10. The van der Waals surface area contributed by atoms with Crippen molar-refractivity contribution >= 4 is 5.97 Å². The van der Waals surface area contributed by atoms with Gasteiger partial charge < -0.3 is 4.74 Å². The van der Waals surface area contributed by atoms with Gasteiger partial charge in [0.2, 0.25) is 5.69 Å². The highest BCUT2D eigenvalue weighted by Gasteiger charge is 2.31. The van der Waals surface area contributed by atoms with Crippen molar-refractivity contribution in [2.45, 2.75) is 13.1 Å². The first kappa shape index (κ1) is 24.3. The van der Waals surface area contributed by atoms with Crippen molar-refractivity contribution in [3.8, 4) is 34.3 Å². The van der Waals surface area contributed by atoms with Crippen molar-refractivity contribution < 1.29 is 22.7 Å². The molecule has 0 saturated carbocycles. The lowest BCUT2D eigenvalue weighted by atomic mass is 10.0. The van der Waals surface area contributed by atoms with Gasteiger partial charge in [0.05, 0.1) is 35.7 Å². The molecule has 2 heterocycles. The van der Waals surface area contributed by atoms with E-state index in [9.17, 15) is 22.8 Å². The summed E-state index contributed by atoms with van der Waals surface area (Å²) in [4.78, 5) is 34.4. The lowest BCUT2D eigenvalue weighted by molar-refractivity contribution is -0.137. The van der Waals surface area contributed by atoms with E-state index in [-0.39, 0.29) is 17.1 Å². The van der Waals surface area contributed by atoms with Crippen LogP contribution in [0.1, 0.15) is 27.3 Å². The Balaban J connectivity index is 2.03. The number of nitrogens with zero attached hydrogens (tertiary/aromatic N) is 4. The third kappa shape index (κ3) is 4.46. The van der Waals surface area contributed by atoms with Crippen molar-refractivity contribution in [2.24, 2.45) is 0 Å². The molecular weight excluding hydrogens is 473 g/mol. The number of pyridine rings is 1. The number of alkyl halides is 3. The monoisotopic (exact) mass is 490 g/mol. The van der Waals surface area contributed by atoms with Crippen LogP contribution in [0.5, 0.6) is 0 Å². The van der Waals surface area contributed by atoms with Crippen LogP contribution in [0.25, 0.3) is 28.2 Å². The second-order valence-corrected chi connectivity index (χ2v) is 7.66. The lowest BCUT2D eigenvalue weighted by Crippen LogP contribution is -2.30. The number of methoxy groups -OCH3 is 1. The maximum Gasteiger partial charge on any atom is 0.416 e. The molecule has 4 rings (SSSR count). The summed E-state index contributed by atoms with van der Waals surface area (Å²) in [6.45, 7) is 1.51. The molecule has 0 N–H and O–H groups in total. The van der Waals surface area contributed by atoms with Crippen LogP contribution in [0, 0.1) is 18.3 Å². The average Bonchev–Trinajstić information content (AvgIpc) is 2.88. The van der Waals surface area contributed by atoms with E-state index in [1.807, 2.05) is 6.07 Å². The van der Waals surface area contributed by atoms with Gasteiger partial charge in [0.1, 0.15) is 0 Å². The number of benzene rings is 2. The molecule has 0 amide bonds. The molecule has 0 aliphatic rings. The van der Waals surface area contributed by atoms with Crippen molar-refractivity contribution in [2.75, 3.05) is 7.11 Å². The fourth-order valence-electron chi connectivity index (χ4n) is 3.75. The third-order valence-corrected chi connectivity index (χ3v) is 5.47. The van der Waals surface area contributed by atoms with Gasteiger partial charge in [-0.3, -0.25) is 14.3 Å². The molecule has 0 saturated heterocycles. The molecule has 10 heteroatoms. The van der Waals surface area contributed by atoms with Gasteiger partial charge in [0.15, 0.2) is 0 Å². The first-order chi connectivity index (χ1) is 17.2. The number of nitriles is 1. The minimum Gasteiger partial charge on any atom is -0.464 e. The number of halogens is 3. The highest BCUT2D eigenvalue weighted by molar-refractivity contribution is 5.89. The first-order valence-electron chi connectivity index (χ1n) is 10.5. The van der Waals surface area contributed by atoms with E-state index in [4.69, 9.17) is 10.00 Å². The SMILES string of the molecule is COC(=O)c1nc(-c2cccnc2-c2ccc(C#N)cc2)c(C)n(-c2cccc(C(F)(F)F)c2)c1=O. The second-order valence-electron chi connectivity index (χ2n) is 7.66. The van der Waals surface area contributed by atoms with Gasteiger partial charge in [0, 0.05) is 28.7 Å². The lowest BCUT2D eigenvalue weighted by Gasteiger charge is -2.18. The van der Waals surface area contributed by atoms with E-state index < -0.39 is 29.0 Å². The summed E-state index contributed by atoms with van der Waals surface area (Å²) in [5, 5.41) is 9.09. The van der Waals surface area contributed by atoms with Crippen LogP contribution in [-0.2, 0) is 10.9 Å². The van der Waals surface area contributed by atoms with E-state index in [1.165, 1.54) is 25.3 Å². The number of hydrogen-bond acceptors (Lipinski definition) is 6. The third-order valence-electron chi connectivity index (χ3n) is 5.47. The van der Waals surface area contributed by atoms with Crippen LogP contribution in [-0.4, -0.2) is 27.6 Å². The quantitative estimate of drug-likeness (QED) is 0.376. The summed E-state index contributed by atoms with van der Waals surface area (Å²) in [5.74, 6) is -1.04. The van der Waals surface area contributed by atoms with Crippen LogP contribution in [0.15, 0.2) is 71.7 Å². The van der Waals surface area contributed by atoms with Crippen LogP contribution in [0.4, 0.5) is 13.2 Å². The molecule has 2 aromatic carbocycles. The number of carbonyl (C=O) groups excluding carboxylic acids is 1. The fourth-order valence-corrected chi connectivity index (χ4v) is 3.75. The maximum atomic E-state index is 13.4. The Hall–Kier alpha value is -4.78. The van der Waals surface area contributed by atoms with Crippen LogP contribution < -0.4 is 5.56 Å². The van der Waals surface area contributed by atoms with E-state index in [1.54, 1.807) is 36.4 Å². The smallest absolute Gasteiger partial charge is 0.416 e. The van der Waals surface area contributed by atoms with Gasteiger partial charge in [-0.2, -0.15) is 18.4 Å². The molecule has 0 unspecified atom stereocenters. The summed E-state index contributed by atoms with van der Waals surface area (Å²) in [7, 11) is 1.07.